The number of amides is 1. The number of carbonyl (C=O) groups excluding carboxylic acids is 1. The van der Waals surface area contributed by atoms with Crippen molar-refractivity contribution in [1.82, 2.24) is 4.90 Å². The van der Waals surface area contributed by atoms with Gasteiger partial charge in [-0.05, 0) is 43.9 Å². The Labute approximate surface area is 124 Å². The van der Waals surface area contributed by atoms with Crippen LogP contribution in [0.4, 0.5) is 4.39 Å². The summed E-state index contributed by atoms with van der Waals surface area (Å²) in [5.41, 5.74) is -0.0370. The van der Waals surface area contributed by atoms with E-state index >= 15 is 0 Å². The third kappa shape index (κ3) is 3.08. The first kappa shape index (κ1) is 15.9. The molecule has 7 heteroatoms. The molecule has 1 heterocycles. The SMILES string of the molecule is CCC1CCCN1C(=O)c1cc(S(N)(=O)=O)c(C)cc1F. The zero-order valence-electron chi connectivity index (χ0n) is 12.1. The summed E-state index contributed by atoms with van der Waals surface area (Å²) >= 11 is 0. The summed E-state index contributed by atoms with van der Waals surface area (Å²) in [6.45, 7) is 3.98. The number of halogens is 1. The Bertz CT molecular complexity index is 673. The first-order chi connectivity index (χ1) is 9.75. The van der Waals surface area contributed by atoms with Gasteiger partial charge in [0.1, 0.15) is 5.82 Å². The van der Waals surface area contributed by atoms with Gasteiger partial charge in [0.25, 0.3) is 5.91 Å². The fraction of sp³-hybridized carbons (Fsp3) is 0.500. The number of primary sulfonamides is 1. The van der Waals surface area contributed by atoms with Gasteiger partial charge in [0, 0.05) is 12.6 Å². The second kappa shape index (κ2) is 5.73. The normalized spacial score (nSPS) is 19.0. The largest absolute Gasteiger partial charge is 0.336 e. The summed E-state index contributed by atoms with van der Waals surface area (Å²) < 4.78 is 37.1. The van der Waals surface area contributed by atoms with Gasteiger partial charge in [-0.3, -0.25) is 4.79 Å². The van der Waals surface area contributed by atoms with E-state index in [0.717, 1.165) is 31.4 Å². The summed E-state index contributed by atoms with van der Waals surface area (Å²) in [6.07, 6.45) is 2.55. The number of likely N-dealkylation sites (tertiary alicyclic amines) is 1. The first-order valence-electron chi connectivity index (χ1n) is 6.89. The van der Waals surface area contributed by atoms with Gasteiger partial charge < -0.3 is 4.90 Å². The van der Waals surface area contributed by atoms with E-state index in [1.54, 1.807) is 4.90 Å². The molecule has 116 valence electrons. The molecular formula is C14H19FN2O3S. The van der Waals surface area contributed by atoms with Gasteiger partial charge in [0.15, 0.2) is 0 Å². The minimum Gasteiger partial charge on any atom is -0.336 e. The van der Waals surface area contributed by atoms with Crippen LogP contribution in [0.1, 0.15) is 42.1 Å². The molecule has 0 saturated carbocycles. The van der Waals surface area contributed by atoms with Crippen molar-refractivity contribution in [2.75, 3.05) is 6.54 Å². The van der Waals surface area contributed by atoms with E-state index in [-0.39, 0.29) is 22.1 Å². The lowest BCUT2D eigenvalue weighted by Gasteiger charge is -2.24. The van der Waals surface area contributed by atoms with Gasteiger partial charge in [0.05, 0.1) is 10.5 Å². The van der Waals surface area contributed by atoms with E-state index in [9.17, 15) is 17.6 Å². The summed E-state index contributed by atoms with van der Waals surface area (Å²) in [6, 6.07) is 2.17. The van der Waals surface area contributed by atoms with Gasteiger partial charge in [0.2, 0.25) is 10.0 Å². The zero-order chi connectivity index (χ0) is 15.8. The number of carbonyl (C=O) groups is 1. The number of hydrogen-bond donors (Lipinski definition) is 1. The van der Waals surface area contributed by atoms with E-state index in [1.165, 1.54) is 6.92 Å². The third-order valence-electron chi connectivity index (χ3n) is 3.91. The van der Waals surface area contributed by atoms with Gasteiger partial charge in [-0.15, -0.1) is 0 Å². The lowest BCUT2D eigenvalue weighted by Crippen LogP contribution is -2.35. The third-order valence-corrected chi connectivity index (χ3v) is 4.96. The Kier molecular flexibility index (Phi) is 4.34. The molecular weight excluding hydrogens is 295 g/mol. The van der Waals surface area contributed by atoms with E-state index in [4.69, 9.17) is 5.14 Å². The molecule has 1 aromatic rings. The van der Waals surface area contributed by atoms with Crippen LogP contribution in [0.3, 0.4) is 0 Å². The standard InChI is InChI=1S/C14H19FN2O3S/c1-3-10-5-4-6-17(10)14(18)11-8-13(21(16,19)20)9(2)7-12(11)15/h7-8,10H,3-6H2,1-2H3,(H2,16,19,20). The molecule has 1 fully saturated rings. The number of nitrogens with zero attached hydrogens (tertiary/aromatic N) is 1. The van der Waals surface area contributed by atoms with Crippen LogP contribution in [0.15, 0.2) is 17.0 Å². The topological polar surface area (TPSA) is 80.5 Å². The van der Waals surface area contributed by atoms with Gasteiger partial charge in [-0.1, -0.05) is 6.92 Å². The fourth-order valence-electron chi connectivity index (χ4n) is 2.81. The van der Waals surface area contributed by atoms with Crippen molar-refractivity contribution in [2.24, 2.45) is 5.14 Å². The van der Waals surface area contributed by atoms with Crippen molar-refractivity contribution >= 4 is 15.9 Å². The van der Waals surface area contributed by atoms with E-state index in [2.05, 4.69) is 0 Å². The summed E-state index contributed by atoms with van der Waals surface area (Å²) in [5.74, 6) is -1.19. The Balaban J connectivity index is 2.46. The molecule has 1 unspecified atom stereocenters. The molecule has 1 aromatic carbocycles. The van der Waals surface area contributed by atoms with Crippen LogP contribution in [0.25, 0.3) is 0 Å². The molecule has 2 rings (SSSR count). The van der Waals surface area contributed by atoms with Crippen LogP contribution in [0.2, 0.25) is 0 Å². The van der Waals surface area contributed by atoms with Crippen LogP contribution in [0.5, 0.6) is 0 Å². The molecule has 1 amide bonds. The Hall–Kier alpha value is -1.47. The van der Waals surface area contributed by atoms with Crippen molar-refractivity contribution in [1.29, 1.82) is 0 Å². The van der Waals surface area contributed by atoms with E-state index < -0.39 is 21.7 Å². The molecule has 1 saturated heterocycles. The molecule has 1 aliphatic heterocycles. The van der Waals surface area contributed by atoms with Crippen LogP contribution in [0, 0.1) is 12.7 Å². The Morgan fingerprint density at radius 1 is 1.48 bits per heavy atom. The van der Waals surface area contributed by atoms with Crippen LogP contribution >= 0.6 is 0 Å². The first-order valence-corrected chi connectivity index (χ1v) is 8.44. The van der Waals surface area contributed by atoms with Crippen LogP contribution in [-0.4, -0.2) is 31.8 Å². The minimum absolute atomic E-state index is 0.0798. The molecule has 0 aromatic heterocycles. The van der Waals surface area contributed by atoms with Crippen molar-refractivity contribution in [3.63, 3.8) is 0 Å². The van der Waals surface area contributed by atoms with Gasteiger partial charge in [-0.2, -0.15) is 0 Å². The maximum atomic E-state index is 14.1. The minimum atomic E-state index is -3.99. The number of nitrogens with two attached hydrogens (primary N) is 1. The highest BCUT2D eigenvalue weighted by atomic mass is 32.2. The second-order valence-electron chi connectivity index (χ2n) is 5.35. The van der Waals surface area contributed by atoms with E-state index in [1.807, 2.05) is 6.92 Å². The molecule has 0 aliphatic carbocycles. The molecule has 5 nitrogen and oxygen atoms in total. The maximum Gasteiger partial charge on any atom is 0.257 e. The summed E-state index contributed by atoms with van der Waals surface area (Å²) in [4.78, 5) is 13.9. The zero-order valence-corrected chi connectivity index (χ0v) is 12.9. The maximum absolute atomic E-state index is 14.1. The van der Waals surface area contributed by atoms with Crippen molar-refractivity contribution in [3.8, 4) is 0 Å². The Morgan fingerprint density at radius 2 is 2.14 bits per heavy atom. The van der Waals surface area contributed by atoms with Crippen LogP contribution < -0.4 is 5.14 Å². The summed E-state index contributed by atoms with van der Waals surface area (Å²) in [7, 11) is -3.99. The highest BCUT2D eigenvalue weighted by Crippen LogP contribution is 2.25. The monoisotopic (exact) mass is 314 g/mol. The molecule has 1 aliphatic rings. The van der Waals surface area contributed by atoms with Crippen molar-refractivity contribution in [3.05, 3.63) is 29.1 Å². The lowest BCUT2D eigenvalue weighted by molar-refractivity contribution is 0.0728. The van der Waals surface area contributed by atoms with Crippen molar-refractivity contribution in [2.45, 2.75) is 44.0 Å². The lowest BCUT2D eigenvalue weighted by atomic mass is 10.1. The van der Waals surface area contributed by atoms with Gasteiger partial charge >= 0.3 is 0 Å². The fourth-order valence-corrected chi connectivity index (χ4v) is 3.60. The molecule has 1 atom stereocenters. The number of benzene rings is 1. The molecule has 21 heavy (non-hydrogen) atoms. The second-order valence-corrected chi connectivity index (χ2v) is 6.88. The van der Waals surface area contributed by atoms with Crippen LogP contribution in [-0.2, 0) is 10.0 Å². The smallest absolute Gasteiger partial charge is 0.257 e. The number of aryl methyl sites for hydroxylation is 1. The molecule has 0 bridgehead atoms. The number of rotatable bonds is 3. The molecule has 0 radical (unpaired) electrons. The highest BCUT2D eigenvalue weighted by molar-refractivity contribution is 7.89. The molecule has 0 spiro atoms. The Morgan fingerprint density at radius 3 is 2.71 bits per heavy atom. The predicted octanol–water partition coefficient (Wildman–Crippen LogP) is 1.80. The average Bonchev–Trinajstić information content (AvgIpc) is 2.84. The van der Waals surface area contributed by atoms with E-state index in [0.29, 0.717) is 6.54 Å². The number of hydrogen-bond acceptors (Lipinski definition) is 3. The number of sulfonamides is 1. The predicted molar refractivity (Wildman–Crippen MR) is 76.9 cm³/mol. The highest BCUT2D eigenvalue weighted by Gasteiger charge is 2.30. The quantitative estimate of drug-likeness (QED) is 0.923. The summed E-state index contributed by atoms with van der Waals surface area (Å²) in [5, 5.41) is 5.11. The average molecular weight is 314 g/mol. The van der Waals surface area contributed by atoms with Crippen molar-refractivity contribution < 1.29 is 17.6 Å². The van der Waals surface area contributed by atoms with Gasteiger partial charge in [-0.25, -0.2) is 17.9 Å². The molecule has 2 N–H and O–H groups in total.